The molecule has 0 spiro atoms. The zero-order valence-electron chi connectivity index (χ0n) is 17.2. The fourth-order valence-electron chi connectivity index (χ4n) is 2.92. The number of ether oxygens (including phenoxy) is 2. The number of nitrogens with zero attached hydrogens (tertiary/aromatic N) is 1. The maximum atomic E-state index is 12.5. The Hall–Kier alpha value is -3.87. The van der Waals surface area contributed by atoms with Crippen molar-refractivity contribution in [2.75, 3.05) is 0 Å². The SMILES string of the molecule is CC(=O)N[C@@H](Cn1ccc(OCc2ccccc2)cc1=O)C(=O)OCc1ccccc1. The summed E-state index contributed by atoms with van der Waals surface area (Å²) in [7, 11) is 0. The van der Waals surface area contributed by atoms with Crippen LogP contribution in [-0.2, 0) is 34.1 Å². The van der Waals surface area contributed by atoms with Gasteiger partial charge in [-0.15, -0.1) is 0 Å². The van der Waals surface area contributed by atoms with E-state index in [1.54, 1.807) is 6.07 Å². The van der Waals surface area contributed by atoms with Gasteiger partial charge in [0.05, 0.1) is 6.54 Å². The topological polar surface area (TPSA) is 86.6 Å². The number of benzene rings is 2. The average molecular weight is 420 g/mol. The molecule has 7 heteroatoms. The number of rotatable bonds is 9. The van der Waals surface area contributed by atoms with Crippen LogP contribution >= 0.6 is 0 Å². The molecule has 1 atom stereocenters. The zero-order valence-corrected chi connectivity index (χ0v) is 17.2. The summed E-state index contributed by atoms with van der Waals surface area (Å²) < 4.78 is 12.3. The van der Waals surface area contributed by atoms with E-state index < -0.39 is 17.9 Å². The van der Waals surface area contributed by atoms with E-state index in [0.717, 1.165) is 11.1 Å². The van der Waals surface area contributed by atoms with Gasteiger partial charge in [-0.25, -0.2) is 4.79 Å². The van der Waals surface area contributed by atoms with Crippen LogP contribution in [-0.4, -0.2) is 22.5 Å². The fourth-order valence-corrected chi connectivity index (χ4v) is 2.92. The molecule has 1 N–H and O–H groups in total. The van der Waals surface area contributed by atoms with E-state index >= 15 is 0 Å². The third kappa shape index (κ3) is 6.85. The number of nitrogens with one attached hydrogen (secondary N) is 1. The minimum absolute atomic E-state index is 0.0506. The molecular weight excluding hydrogens is 396 g/mol. The second-order valence-electron chi connectivity index (χ2n) is 6.97. The van der Waals surface area contributed by atoms with Crippen molar-refractivity contribution in [1.29, 1.82) is 0 Å². The number of aromatic nitrogens is 1. The monoisotopic (exact) mass is 420 g/mol. The van der Waals surface area contributed by atoms with Gasteiger partial charge in [-0.3, -0.25) is 9.59 Å². The van der Waals surface area contributed by atoms with Gasteiger partial charge in [0.2, 0.25) is 5.91 Å². The van der Waals surface area contributed by atoms with E-state index in [0.29, 0.717) is 12.4 Å². The number of hydrogen-bond donors (Lipinski definition) is 1. The molecule has 3 aromatic rings. The van der Waals surface area contributed by atoms with Crippen LogP contribution in [0.3, 0.4) is 0 Å². The Labute approximate surface area is 180 Å². The molecule has 0 aliphatic carbocycles. The van der Waals surface area contributed by atoms with Gasteiger partial charge in [0.1, 0.15) is 25.0 Å². The van der Waals surface area contributed by atoms with Crippen LogP contribution in [0, 0.1) is 0 Å². The molecule has 2 aromatic carbocycles. The number of amides is 1. The van der Waals surface area contributed by atoms with Crippen molar-refractivity contribution < 1.29 is 19.1 Å². The first-order valence-corrected chi connectivity index (χ1v) is 9.86. The Bertz CT molecular complexity index is 1060. The molecule has 0 bridgehead atoms. The van der Waals surface area contributed by atoms with E-state index in [1.807, 2.05) is 60.7 Å². The molecule has 1 aromatic heterocycles. The maximum Gasteiger partial charge on any atom is 0.330 e. The Kier molecular flexibility index (Phi) is 7.59. The van der Waals surface area contributed by atoms with Crippen LogP contribution in [0.25, 0.3) is 0 Å². The first-order valence-electron chi connectivity index (χ1n) is 9.86. The summed E-state index contributed by atoms with van der Waals surface area (Å²) >= 11 is 0. The van der Waals surface area contributed by atoms with Gasteiger partial charge in [-0.1, -0.05) is 60.7 Å². The lowest BCUT2D eigenvalue weighted by Crippen LogP contribution is -2.45. The third-order valence-electron chi connectivity index (χ3n) is 4.48. The van der Waals surface area contributed by atoms with Crippen molar-refractivity contribution >= 4 is 11.9 Å². The number of esters is 1. The van der Waals surface area contributed by atoms with Crippen LogP contribution < -0.4 is 15.6 Å². The molecule has 160 valence electrons. The second-order valence-corrected chi connectivity index (χ2v) is 6.97. The highest BCUT2D eigenvalue weighted by Crippen LogP contribution is 2.10. The molecule has 1 heterocycles. The van der Waals surface area contributed by atoms with Crippen LogP contribution in [0.5, 0.6) is 5.75 Å². The summed E-state index contributed by atoms with van der Waals surface area (Å²) in [4.78, 5) is 36.6. The standard InChI is InChI=1S/C24H24N2O5/c1-18(27)25-22(24(29)31-17-20-10-6-3-7-11-20)15-26-13-12-21(14-23(26)28)30-16-19-8-4-2-5-9-19/h2-14,22H,15-17H2,1H3,(H,25,27)/t22-/m0/s1. The predicted molar refractivity (Wildman–Crippen MR) is 115 cm³/mol. The Morgan fingerprint density at radius 3 is 2.13 bits per heavy atom. The first kappa shape index (κ1) is 21.8. The first-order chi connectivity index (χ1) is 15.0. The minimum Gasteiger partial charge on any atom is -0.489 e. The molecular formula is C24H24N2O5. The van der Waals surface area contributed by atoms with Gasteiger partial charge in [-0.2, -0.15) is 0 Å². The van der Waals surface area contributed by atoms with Crippen molar-refractivity contribution in [3.8, 4) is 5.75 Å². The Morgan fingerprint density at radius 1 is 0.935 bits per heavy atom. The highest BCUT2D eigenvalue weighted by Gasteiger charge is 2.22. The average Bonchev–Trinajstić information content (AvgIpc) is 2.78. The van der Waals surface area contributed by atoms with Crippen molar-refractivity contribution in [2.24, 2.45) is 0 Å². The van der Waals surface area contributed by atoms with Crippen molar-refractivity contribution in [1.82, 2.24) is 9.88 Å². The smallest absolute Gasteiger partial charge is 0.330 e. The number of pyridine rings is 1. The number of hydrogen-bond acceptors (Lipinski definition) is 5. The lowest BCUT2D eigenvalue weighted by atomic mass is 10.2. The fraction of sp³-hybridized carbons (Fsp3) is 0.208. The molecule has 3 rings (SSSR count). The van der Waals surface area contributed by atoms with E-state index in [2.05, 4.69) is 5.32 Å². The van der Waals surface area contributed by atoms with Crippen molar-refractivity contribution in [3.05, 3.63) is 100 Å². The van der Waals surface area contributed by atoms with Gasteiger partial charge in [0.15, 0.2) is 0 Å². The molecule has 0 aliphatic heterocycles. The van der Waals surface area contributed by atoms with Gasteiger partial charge in [-0.05, 0) is 17.2 Å². The van der Waals surface area contributed by atoms with E-state index in [4.69, 9.17) is 9.47 Å². The summed E-state index contributed by atoms with van der Waals surface area (Å²) in [5.41, 5.74) is 1.46. The largest absolute Gasteiger partial charge is 0.489 e. The second kappa shape index (κ2) is 10.8. The van der Waals surface area contributed by atoms with Crippen LogP contribution in [0.1, 0.15) is 18.1 Å². The Balaban J connectivity index is 1.63. The van der Waals surface area contributed by atoms with Gasteiger partial charge in [0.25, 0.3) is 5.56 Å². The lowest BCUT2D eigenvalue weighted by molar-refractivity contribution is -0.149. The lowest BCUT2D eigenvalue weighted by Gasteiger charge is -2.18. The molecule has 0 saturated carbocycles. The minimum atomic E-state index is -0.991. The summed E-state index contributed by atoms with van der Waals surface area (Å²) in [6, 6.07) is 20.8. The molecule has 0 radical (unpaired) electrons. The highest BCUT2D eigenvalue weighted by atomic mass is 16.5. The quantitative estimate of drug-likeness (QED) is 0.538. The summed E-state index contributed by atoms with van der Waals surface area (Å²) in [5, 5.41) is 2.55. The molecule has 7 nitrogen and oxygen atoms in total. The highest BCUT2D eigenvalue weighted by molar-refractivity contribution is 5.83. The van der Waals surface area contributed by atoms with Crippen LogP contribution in [0.15, 0.2) is 83.8 Å². The number of carbonyl (C=O) groups is 2. The molecule has 1 amide bonds. The van der Waals surface area contributed by atoms with Gasteiger partial charge >= 0.3 is 5.97 Å². The van der Waals surface area contributed by atoms with Crippen molar-refractivity contribution in [3.63, 3.8) is 0 Å². The maximum absolute atomic E-state index is 12.5. The molecule has 0 unspecified atom stereocenters. The summed E-state index contributed by atoms with van der Waals surface area (Å²) in [5.74, 6) is -0.583. The van der Waals surface area contributed by atoms with Crippen LogP contribution in [0.2, 0.25) is 0 Å². The predicted octanol–water partition coefficient (Wildman–Crippen LogP) is 2.68. The van der Waals surface area contributed by atoms with Crippen LogP contribution in [0.4, 0.5) is 0 Å². The zero-order chi connectivity index (χ0) is 22.1. The molecule has 0 fully saturated rings. The van der Waals surface area contributed by atoms with Gasteiger partial charge in [0, 0.05) is 19.2 Å². The third-order valence-corrected chi connectivity index (χ3v) is 4.48. The molecule has 0 aliphatic rings. The molecule has 0 saturated heterocycles. The molecule has 31 heavy (non-hydrogen) atoms. The van der Waals surface area contributed by atoms with E-state index in [-0.39, 0.29) is 18.7 Å². The normalized spacial score (nSPS) is 11.4. The summed E-state index contributed by atoms with van der Waals surface area (Å²) in [6.45, 7) is 1.67. The Morgan fingerprint density at radius 2 is 1.55 bits per heavy atom. The van der Waals surface area contributed by atoms with Gasteiger partial charge < -0.3 is 19.4 Å². The van der Waals surface area contributed by atoms with E-state index in [1.165, 1.54) is 23.8 Å². The van der Waals surface area contributed by atoms with E-state index in [9.17, 15) is 14.4 Å². The van der Waals surface area contributed by atoms with Crippen molar-refractivity contribution in [2.45, 2.75) is 32.7 Å². The summed E-state index contributed by atoms with van der Waals surface area (Å²) in [6.07, 6.45) is 1.53. The number of carbonyl (C=O) groups excluding carboxylic acids is 2.